The summed E-state index contributed by atoms with van der Waals surface area (Å²) in [4.78, 5) is 12.0. The molecule has 3 N–H and O–H groups in total. The number of hydrogen-bond acceptors (Lipinski definition) is 3. The molecule has 2 aliphatic carbocycles. The summed E-state index contributed by atoms with van der Waals surface area (Å²) in [7, 11) is 0. The van der Waals surface area contributed by atoms with E-state index in [9.17, 15) is 18.0 Å². The molecule has 0 saturated heterocycles. The number of carbonyl (C=O) groups is 1. The number of nitrogens with one attached hydrogen (secondary N) is 2. The normalized spacial score (nSPS) is 25.0. The first-order chi connectivity index (χ1) is 9.39. The quantitative estimate of drug-likeness (QED) is 0.777. The number of alkyl halides is 3. The Morgan fingerprint density at radius 3 is 2.95 bits per heavy atom. The summed E-state index contributed by atoms with van der Waals surface area (Å²) < 4.78 is 36.8. The van der Waals surface area contributed by atoms with Gasteiger partial charge < -0.3 is 10.4 Å². The third kappa shape index (κ3) is 2.39. The van der Waals surface area contributed by atoms with Crippen LogP contribution >= 0.6 is 0 Å². The molecule has 2 unspecified atom stereocenters. The Bertz CT molecular complexity index is 541. The summed E-state index contributed by atoms with van der Waals surface area (Å²) in [5.41, 5.74) is 1.91. The van der Waals surface area contributed by atoms with Gasteiger partial charge in [-0.25, -0.2) is 0 Å². The van der Waals surface area contributed by atoms with Gasteiger partial charge in [-0.2, -0.15) is 18.3 Å². The molecule has 3 atom stereocenters. The number of aromatic nitrogens is 2. The summed E-state index contributed by atoms with van der Waals surface area (Å²) in [5, 5.41) is 17.8. The number of aromatic amines is 1. The topological polar surface area (TPSA) is 78.0 Å². The summed E-state index contributed by atoms with van der Waals surface area (Å²) in [6, 6.07) is -1.34. The van der Waals surface area contributed by atoms with Crippen LogP contribution in [0.5, 0.6) is 0 Å². The van der Waals surface area contributed by atoms with Crippen molar-refractivity contribution in [1.29, 1.82) is 0 Å². The zero-order valence-electron chi connectivity index (χ0n) is 10.5. The van der Waals surface area contributed by atoms with Crippen molar-refractivity contribution in [1.82, 2.24) is 15.5 Å². The molecule has 3 rings (SSSR count). The molecule has 1 amide bonds. The van der Waals surface area contributed by atoms with E-state index in [0.717, 1.165) is 24.1 Å². The van der Waals surface area contributed by atoms with Crippen molar-refractivity contribution < 1.29 is 23.1 Å². The maximum Gasteiger partial charge on any atom is 0.391 e. The number of aliphatic hydroxyl groups excluding tert-OH is 1. The van der Waals surface area contributed by atoms with Gasteiger partial charge in [-0.3, -0.25) is 9.89 Å². The number of carbonyl (C=O) groups excluding carboxylic acids is 1. The van der Waals surface area contributed by atoms with Crippen LogP contribution in [0.1, 0.15) is 40.5 Å². The fourth-order valence-corrected chi connectivity index (χ4v) is 2.86. The number of H-pyrrole nitrogens is 1. The molecule has 1 saturated carbocycles. The summed E-state index contributed by atoms with van der Waals surface area (Å²) in [5.74, 6) is 0.324. The Kier molecular flexibility index (Phi) is 3.00. The minimum atomic E-state index is -4.43. The lowest BCUT2D eigenvalue weighted by molar-refractivity contribution is -0.141. The van der Waals surface area contributed by atoms with E-state index in [1.165, 1.54) is 0 Å². The molecule has 2 aliphatic rings. The Hall–Kier alpha value is -1.57. The van der Waals surface area contributed by atoms with Gasteiger partial charge in [-0.15, -0.1) is 0 Å². The van der Waals surface area contributed by atoms with E-state index in [1.807, 2.05) is 0 Å². The molecule has 20 heavy (non-hydrogen) atoms. The summed E-state index contributed by atoms with van der Waals surface area (Å²) in [6.07, 6.45) is -3.85. The smallest absolute Gasteiger partial charge is 0.391 e. The molecule has 1 aromatic heterocycles. The van der Waals surface area contributed by atoms with Crippen LogP contribution in [0.25, 0.3) is 0 Å². The molecule has 8 heteroatoms. The average Bonchev–Trinajstić information content (AvgIpc) is 2.82. The highest BCUT2D eigenvalue weighted by Crippen LogP contribution is 2.55. The number of aliphatic hydroxyl groups is 1. The molecule has 0 aromatic carbocycles. The lowest BCUT2D eigenvalue weighted by Gasteiger charge is -2.17. The molecule has 110 valence electrons. The number of nitrogens with zero attached hydrogens (tertiary/aromatic N) is 1. The van der Waals surface area contributed by atoms with E-state index in [1.54, 1.807) is 0 Å². The van der Waals surface area contributed by atoms with Crippen molar-refractivity contribution in [3.8, 4) is 0 Å². The van der Waals surface area contributed by atoms with Crippen LogP contribution in [0.3, 0.4) is 0 Å². The van der Waals surface area contributed by atoms with E-state index in [4.69, 9.17) is 5.11 Å². The third-order valence-corrected chi connectivity index (χ3v) is 3.91. The number of amides is 1. The minimum Gasteiger partial charge on any atom is -0.394 e. The van der Waals surface area contributed by atoms with Gasteiger partial charge in [0.25, 0.3) is 5.91 Å². The summed E-state index contributed by atoms with van der Waals surface area (Å²) in [6.45, 7) is -0.761. The van der Waals surface area contributed by atoms with Gasteiger partial charge in [0.2, 0.25) is 0 Å². The molecule has 1 aromatic rings. The fraction of sp³-hybridized carbons (Fsp3) is 0.667. The lowest BCUT2D eigenvalue weighted by atomic mass is 10.1. The molecular formula is C12H14F3N3O2. The first-order valence-electron chi connectivity index (χ1n) is 6.44. The minimum absolute atomic E-state index is 0.160. The predicted octanol–water partition coefficient (Wildman–Crippen LogP) is 1.11. The molecule has 0 aliphatic heterocycles. The highest BCUT2D eigenvalue weighted by atomic mass is 19.4. The molecule has 0 spiro atoms. The Morgan fingerprint density at radius 1 is 1.55 bits per heavy atom. The maximum atomic E-state index is 12.3. The zero-order valence-corrected chi connectivity index (χ0v) is 10.5. The standard InChI is InChI=1S/C12H14F3N3O2/c13-12(14,15)3-6(4-19)16-11(20)10-8-2-5-1-7(5)9(8)17-18-10/h5-7,19H,1-4H2,(H,16,20)(H,17,18)/t5?,6-,7?/m0/s1. The fourth-order valence-electron chi connectivity index (χ4n) is 2.86. The highest BCUT2D eigenvalue weighted by Gasteiger charge is 2.48. The predicted molar refractivity (Wildman–Crippen MR) is 62.2 cm³/mol. The molecule has 0 bridgehead atoms. The molecular weight excluding hydrogens is 275 g/mol. The van der Waals surface area contributed by atoms with Crippen LogP contribution in [-0.4, -0.2) is 40.0 Å². The van der Waals surface area contributed by atoms with E-state index in [-0.39, 0.29) is 5.69 Å². The Labute approximate surface area is 112 Å². The van der Waals surface area contributed by atoms with Gasteiger partial charge in [-0.1, -0.05) is 0 Å². The Morgan fingerprint density at radius 2 is 2.30 bits per heavy atom. The van der Waals surface area contributed by atoms with Gasteiger partial charge in [-0.05, 0) is 18.8 Å². The highest BCUT2D eigenvalue weighted by molar-refractivity contribution is 5.94. The first kappa shape index (κ1) is 13.4. The van der Waals surface area contributed by atoms with Gasteiger partial charge in [0, 0.05) is 17.2 Å². The number of fused-ring (bicyclic) bond motifs is 3. The second-order valence-corrected chi connectivity index (χ2v) is 5.44. The van der Waals surface area contributed by atoms with Crippen LogP contribution < -0.4 is 5.32 Å². The zero-order chi connectivity index (χ0) is 14.5. The van der Waals surface area contributed by atoms with Gasteiger partial charge in [0.05, 0.1) is 19.1 Å². The van der Waals surface area contributed by atoms with E-state index < -0.39 is 31.2 Å². The van der Waals surface area contributed by atoms with E-state index in [0.29, 0.717) is 11.8 Å². The number of hydrogen-bond donors (Lipinski definition) is 3. The molecule has 1 fully saturated rings. The van der Waals surface area contributed by atoms with Crippen molar-refractivity contribution in [2.45, 2.75) is 37.4 Å². The van der Waals surface area contributed by atoms with Crippen molar-refractivity contribution in [2.75, 3.05) is 6.61 Å². The largest absolute Gasteiger partial charge is 0.394 e. The lowest BCUT2D eigenvalue weighted by Crippen LogP contribution is -2.41. The summed E-state index contributed by atoms with van der Waals surface area (Å²) >= 11 is 0. The van der Waals surface area contributed by atoms with Crippen molar-refractivity contribution in [2.24, 2.45) is 5.92 Å². The van der Waals surface area contributed by atoms with E-state index in [2.05, 4.69) is 15.5 Å². The van der Waals surface area contributed by atoms with Crippen LogP contribution in [0.4, 0.5) is 13.2 Å². The Balaban J connectivity index is 1.68. The van der Waals surface area contributed by atoms with Crippen LogP contribution in [-0.2, 0) is 6.42 Å². The molecule has 1 heterocycles. The SMILES string of the molecule is O=C(N[C@H](CO)CC(F)(F)F)c1n[nH]c2c1CC1CC21. The monoisotopic (exact) mass is 289 g/mol. The number of halogens is 3. The van der Waals surface area contributed by atoms with Gasteiger partial charge in [0.1, 0.15) is 0 Å². The van der Waals surface area contributed by atoms with Crippen LogP contribution in [0.15, 0.2) is 0 Å². The first-order valence-corrected chi connectivity index (χ1v) is 6.44. The molecule has 0 radical (unpaired) electrons. The van der Waals surface area contributed by atoms with Crippen LogP contribution in [0.2, 0.25) is 0 Å². The average molecular weight is 289 g/mol. The molecule has 5 nitrogen and oxygen atoms in total. The van der Waals surface area contributed by atoms with E-state index >= 15 is 0 Å². The van der Waals surface area contributed by atoms with Crippen molar-refractivity contribution >= 4 is 5.91 Å². The van der Waals surface area contributed by atoms with Crippen LogP contribution in [0, 0.1) is 5.92 Å². The van der Waals surface area contributed by atoms with Gasteiger partial charge in [0.15, 0.2) is 5.69 Å². The van der Waals surface area contributed by atoms with Gasteiger partial charge >= 0.3 is 6.18 Å². The second-order valence-electron chi connectivity index (χ2n) is 5.44. The van der Waals surface area contributed by atoms with Crippen molar-refractivity contribution in [3.63, 3.8) is 0 Å². The number of rotatable bonds is 4. The third-order valence-electron chi connectivity index (χ3n) is 3.91. The second kappa shape index (κ2) is 4.47. The maximum absolute atomic E-state index is 12.3. The van der Waals surface area contributed by atoms with Crippen molar-refractivity contribution in [3.05, 3.63) is 17.0 Å².